The fraction of sp³-hybridized carbons (Fsp3) is 0.0820. The third kappa shape index (κ3) is 5.13. The highest BCUT2D eigenvalue weighted by molar-refractivity contribution is 5.94. The Bertz CT molecular complexity index is 3290. The first-order valence-electron chi connectivity index (χ1n) is 22.3. The molecule has 13 rings (SSSR count). The van der Waals surface area contributed by atoms with Crippen molar-refractivity contribution in [1.29, 1.82) is 0 Å². The van der Waals surface area contributed by atoms with Crippen LogP contribution >= 0.6 is 0 Å². The topological polar surface area (TPSA) is 16.4 Å². The lowest BCUT2D eigenvalue weighted by Crippen LogP contribution is -2.29. The van der Waals surface area contributed by atoms with Crippen LogP contribution in [0.25, 0.3) is 33.2 Å². The number of nitrogens with zero attached hydrogens (tertiary/aromatic N) is 1. The SMILES string of the molecule is c1ccc(C2(c3ccccc3)c3ccccc3-c3cc(N(c4ccc5c(c4)C(c4ccccc4)(c4ccccc4)c4cc6c(cc4-5)CCC6)c4ccc5occc5c4)ccc32)cc1. The van der Waals surface area contributed by atoms with Gasteiger partial charge in [0.25, 0.3) is 0 Å². The van der Waals surface area contributed by atoms with E-state index in [0.717, 1.165) is 40.9 Å². The molecule has 3 aliphatic rings. The van der Waals surface area contributed by atoms with E-state index in [9.17, 15) is 0 Å². The van der Waals surface area contributed by atoms with E-state index in [1.165, 1.54) is 84.3 Å². The number of furan rings is 1. The molecule has 1 aromatic heterocycles. The molecule has 0 aliphatic heterocycles. The van der Waals surface area contributed by atoms with Crippen LogP contribution in [0.2, 0.25) is 0 Å². The molecule has 0 saturated carbocycles. The van der Waals surface area contributed by atoms with Gasteiger partial charge >= 0.3 is 0 Å². The lowest BCUT2D eigenvalue weighted by Gasteiger charge is -2.35. The van der Waals surface area contributed by atoms with Crippen LogP contribution in [-0.2, 0) is 23.7 Å². The Hall–Kier alpha value is -7.68. The zero-order valence-electron chi connectivity index (χ0n) is 34.8. The molecule has 0 radical (unpaired) electrons. The van der Waals surface area contributed by atoms with E-state index in [1.807, 2.05) is 0 Å². The second-order valence-corrected chi connectivity index (χ2v) is 17.5. The largest absolute Gasteiger partial charge is 0.464 e. The Labute approximate surface area is 368 Å². The van der Waals surface area contributed by atoms with E-state index in [1.54, 1.807) is 6.26 Å². The van der Waals surface area contributed by atoms with Crippen molar-refractivity contribution in [3.05, 3.63) is 280 Å². The average molecular weight is 806 g/mol. The Morgan fingerprint density at radius 1 is 0.349 bits per heavy atom. The predicted octanol–water partition coefficient (Wildman–Crippen LogP) is 15.1. The Morgan fingerprint density at radius 3 is 1.49 bits per heavy atom. The normalized spacial score (nSPS) is 14.7. The monoisotopic (exact) mass is 805 g/mol. The molecular formula is C61H43NO. The number of hydrogen-bond acceptors (Lipinski definition) is 2. The minimum absolute atomic E-state index is 0.474. The number of hydrogen-bond donors (Lipinski definition) is 0. The minimum Gasteiger partial charge on any atom is -0.464 e. The van der Waals surface area contributed by atoms with Gasteiger partial charge in [0.2, 0.25) is 0 Å². The second-order valence-electron chi connectivity index (χ2n) is 17.5. The zero-order valence-corrected chi connectivity index (χ0v) is 34.8. The molecule has 0 atom stereocenters. The summed E-state index contributed by atoms with van der Waals surface area (Å²) in [7, 11) is 0. The Kier molecular flexibility index (Phi) is 7.96. The maximum Gasteiger partial charge on any atom is 0.133 e. The van der Waals surface area contributed by atoms with Crippen molar-refractivity contribution in [1.82, 2.24) is 0 Å². The standard InChI is InChI=1S/C61H43NO/c1-5-18-44(19-6-1)60(45-20-7-2-8-21-45)55-27-14-13-26-51(55)54-39-49(29-32-56(54)60)62(48-30-33-59-43(36-48)34-35-63-59)50-28-31-52-53-37-41-16-15-17-42(41)38-57(53)61(58(52)40-50,46-22-9-3-10-23-46)47-24-11-4-12-25-47/h1-14,18-40H,15-17H2. The van der Waals surface area contributed by atoms with Crippen molar-refractivity contribution in [2.45, 2.75) is 30.1 Å². The van der Waals surface area contributed by atoms with E-state index in [4.69, 9.17) is 4.42 Å². The summed E-state index contributed by atoms with van der Waals surface area (Å²) < 4.78 is 5.91. The van der Waals surface area contributed by atoms with Gasteiger partial charge in [0, 0.05) is 22.4 Å². The highest BCUT2D eigenvalue weighted by atomic mass is 16.3. The second kappa shape index (κ2) is 13.9. The van der Waals surface area contributed by atoms with Crippen LogP contribution in [0.5, 0.6) is 0 Å². The van der Waals surface area contributed by atoms with Crippen LogP contribution < -0.4 is 4.90 Å². The Morgan fingerprint density at radius 2 is 0.825 bits per heavy atom. The molecule has 0 N–H and O–H groups in total. The number of fused-ring (bicyclic) bond motifs is 8. The molecule has 0 spiro atoms. The highest BCUT2D eigenvalue weighted by Gasteiger charge is 2.48. The van der Waals surface area contributed by atoms with E-state index >= 15 is 0 Å². The van der Waals surface area contributed by atoms with Gasteiger partial charge in [0.15, 0.2) is 0 Å². The Balaban J connectivity index is 1.08. The van der Waals surface area contributed by atoms with Crippen LogP contribution in [0.3, 0.4) is 0 Å². The molecule has 9 aromatic carbocycles. The van der Waals surface area contributed by atoms with Gasteiger partial charge in [-0.25, -0.2) is 0 Å². The summed E-state index contributed by atoms with van der Waals surface area (Å²) in [5.74, 6) is 0. The molecule has 0 saturated heterocycles. The maximum atomic E-state index is 5.91. The van der Waals surface area contributed by atoms with Crippen molar-refractivity contribution in [3.8, 4) is 22.3 Å². The third-order valence-corrected chi connectivity index (χ3v) is 14.4. The van der Waals surface area contributed by atoms with Gasteiger partial charge in [-0.05, 0) is 146 Å². The molecule has 2 nitrogen and oxygen atoms in total. The average Bonchev–Trinajstić information content (AvgIpc) is 4.14. The molecule has 10 aromatic rings. The molecule has 0 fully saturated rings. The first kappa shape index (κ1) is 36.0. The van der Waals surface area contributed by atoms with Gasteiger partial charge in [-0.1, -0.05) is 170 Å². The summed E-state index contributed by atoms with van der Waals surface area (Å²) in [5, 5.41) is 1.07. The summed E-state index contributed by atoms with van der Waals surface area (Å²) in [6.07, 6.45) is 5.27. The first-order valence-corrected chi connectivity index (χ1v) is 22.3. The van der Waals surface area contributed by atoms with Gasteiger partial charge in [-0.3, -0.25) is 0 Å². The van der Waals surface area contributed by atoms with E-state index in [0.29, 0.717) is 0 Å². The van der Waals surface area contributed by atoms with Gasteiger partial charge < -0.3 is 9.32 Å². The predicted molar refractivity (Wildman–Crippen MR) is 258 cm³/mol. The molecule has 0 unspecified atom stereocenters. The first-order chi connectivity index (χ1) is 31.2. The molecule has 0 amide bonds. The lowest BCUT2D eigenvalue weighted by atomic mass is 9.67. The van der Waals surface area contributed by atoms with Crippen LogP contribution in [0.4, 0.5) is 17.1 Å². The van der Waals surface area contributed by atoms with E-state index in [2.05, 4.69) is 223 Å². The van der Waals surface area contributed by atoms with Crippen molar-refractivity contribution in [3.63, 3.8) is 0 Å². The van der Waals surface area contributed by atoms with Crippen LogP contribution in [-0.4, -0.2) is 0 Å². The summed E-state index contributed by atoms with van der Waals surface area (Å²) in [6, 6.07) is 81.7. The van der Waals surface area contributed by atoms with Gasteiger partial charge in [-0.15, -0.1) is 0 Å². The fourth-order valence-corrected chi connectivity index (χ4v) is 11.8. The molecule has 0 bridgehead atoms. The summed E-state index contributed by atoms with van der Waals surface area (Å²) in [4.78, 5) is 2.46. The molecule has 298 valence electrons. The molecular weight excluding hydrogens is 763 g/mol. The third-order valence-electron chi connectivity index (χ3n) is 14.4. The van der Waals surface area contributed by atoms with Crippen molar-refractivity contribution in [2.75, 3.05) is 4.90 Å². The van der Waals surface area contributed by atoms with Crippen LogP contribution in [0, 0.1) is 0 Å². The lowest BCUT2D eigenvalue weighted by molar-refractivity contribution is 0.616. The van der Waals surface area contributed by atoms with Gasteiger partial charge in [0.1, 0.15) is 5.58 Å². The number of aryl methyl sites for hydroxylation is 2. The van der Waals surface area contributed by atoms with Gasteiger partial charge in [0.05, 0.1) is 17.1 Å². The summed E-state index contributed by atoms with van der Waals surface area (Å²) in [5.41, 5.74) is 21.7. The zero-order chi connectivity index (χ0) is 41.5. The van der Waals surface area contributed by atoms with Crippen molar-refractivity contribution < 1.29 is 4.42 Å². The van der Waals surface area contributed by atoms with Crippen LogP contribution in [0.15, 0.2) is 229 Å². The molecule has 3 aliphatic carbocycles. The smallest absolute Gasteiger partial charge is 0.133 e. The number of anilines is 3. The molecule has 2 heteroatoms. The van der Waals surface area contributed by atoms with E-state index in [-0.39, 0.29) is 0 Å². The van der Waals surface area contributed by atoms with Crippen molar-refractivity contribution >= 4 is 28.0 Å². The quantitative estimate of drug-likeness (QED) is 0.160. The fourth-order valence-electron chi connectivity index (χ4n) is 11.8. The summed E-state index contributed by atoms with van der Waals surface area (Å²) in [6.45, 7) is 0. The highest BCUT2D eigenvalue weighted by Crippen LogP contribution is 2.60. The number of benzene rings is 9. The summed E-state index contributed by atoms with van der Waals surface area (Å²) >= 11 is 0. The number of rotatable bonds is 7. The maximum absolute atomic E-state index is 5.91. The van der Waals surface area contributed by atoms with Crippen molar-refractivity contribution in [2.24, 2.45) is 0 Å². The van der Waals surface area contributed by atoms with E-state index < -0.39 is 10.8 Å². The molecule has 63 heavy (non-hydrogen) atoms. The van der Waals surface area contributed by atoms with Crippen LogP contribution in [0.1, 0.15) is 62.1 Å². The molecule has 1 heterocycles. The minimum atomic E-state index is -0.511. The van der Waals surface area contributed by atoms with Gasteiger partial charge in [-0.2, -0.15) is 0 Å².